The Bertz CT molecular complexity index is 361. The molecule has 2 atom stereocenters. The first-order valence-corrected chi connectivity index (χ1v) is 7.79. The second kappa shape index (κ2) is 7.17. The van der Waals surface area contributed by atoms with Gasteiger partial charge in [0.25, 0.3) is 5.60 Å². The first-order valence-electron chi connectivity index (χ1n) is 7.79. The van der Waals surface area contributed by atoms with Gasteiger partial charge in [0, 0.05) is 5.92 Å². The lowest BCUT2D eigenvalue weighted by Gasteiger charge is -2.48. The number of hydrogen-bond donors (Lipinski definition) is 0. The van der Waals surface area contributed by atoms with Gasteiger partial charge in [-0.3, -0.25) is 0 Å². The maximum absolute atomic E-state index is 13.6. The molecule has 0 aromatic heterocycles. The summed E-state index contributed by atoms with van der Waals surface area (Å²) in [4.78, 5) is 0. The van der Waals surface area contributed by atoms with Crippen molar-refractivity contribution in [2.24, 2.45) is 5.92 Å². The van der Waals surface area contributed by atoms with E-state index < -0.39 is 42.2 Å². The van der Waals surface area contributed by atoms with Crippen LogP contribution in [0.1, 0.15) is 53.4 Å². The highest BCUT2D eigenvalue weighted by Gasteiger charge is 2.77. The normalized spacial score (nSPS) is 24.5. The van der Waals surface area contributed by atoms with Gasteiger partial charge in [-0.05, 0) is 40.5 Å². The van der Waals surface area contributed by atoms with Crippen molar-refractivity contribution in [1.82, 2.24) is 0 Å². The van der Waals surface area contributed by atoms with E-state index in [-0.39, 0.29) is 19.3 Å². The molecule has 0 spiro atoms. The van der Waals surface area contributed by atoms with Gasteiger partial charge in [-0.2, -0.15) is 26.3 Å². The van der Waals surface area contributed by atoms with Gasteiger partial charge in [-0.1, -0.05) is 12.8 Å². The molecule has 23 heavy (non-hydrogen) atoms. The Labute approximate surface area is 132 Å². The Hall–Kier alpha value is -0.500. The van der Waals surface area contributed by atoms with Crippen molar-refractivity contribution in [2.75, 3.05) is 0 Å². The van der Waals surface area contributed by atoms with Crippen LogP contribution in [0.5, 0.6) is 0 Å². The summed E-state index contributed by atoms with van der Waals surface area (Å²) in [6.07, 6.45) is -13.2. The molecule has 0 bridgehead atoms. The molecule has 0 aliphatic heterocycles. The van der Waals surface area contributed by atoms with Gasteiger partial charge in [-0.25, -0.2) is 0 Å². The van der Waals surface area contributed by atoms with Gasteiger partial charge in [0.15, 0.2) is 0 Å². The van der Waals surface area contributed by atoms with Crippen LogP contribution >= 0.6 is 0 Å². The zero-order chi connectivity index (χ0) is 18.1. The predicted molar refractivity (Wildman–Crippen MR) is 73.0 cm³/mol. The summed E-state index contributed by atoms with van der Waals surface area (Å²) in [6, 6.07) is 0. The second-order valence-corrected chi connectivity index (χ2v) is 6.51. The highest BCUT2D eigenvalue weighted by molar-refractivity contribution is 5.05. The molecule has 0 saturated heterocycles. The van der Waals surface area contributed by atoms with Gasteiger partial charge < -0.3 is 9.47 Å². The van der Waals surface area contributed by atoms with E-state index >= 15 is 0 Å². The minimum atomic E-state index is -5.57. The Balaban J connectivity index is 3.40. The summed E-state index contributed by atoms with van der Waals surface area (Å²) in [7, 11) is 0. The number of rotatable bonds is 5. The molecule has 2 nitrogen and oxygen atoms in total. The summed E-state index contributed by atoms with van der Waals surface area (Å²) >= 11 is 0. The van der Waals surface area contributed by atoms with Crippen molar-refractivity contribution in [3.63, 3.8) is 0 Å². The summed E-state index contributed by atoms with van der Waals surface area (Å²) in [5, 5.41) is 0. The molecule has 0 amide bonds. The van der Waals surface area contributed by atoms with Crippen LogP contribution in [-0.2, 0) is 9.47 Å². The first-order chi connectivity index (χ1) is 10.3. The average Bonchev–Trinajstić information content (AvgIpc) is 2.33. The van der Waals surface area contributed by atoms with E-state index in [9.17, 15) is 26.3 Å². The maximum Gasteiger partial charge on any atom is 0.426 e. The molecule has 138 valence electrons. The van der Waals surface area contributed by atoms with Crippen LogP contribution in [0.15, 0.2) is 0 Å². The summed E-state index contributed by atoms with van der Waals surface area (Å²) in [5.74, 6) is -1.80. The largest absolute Gasteiger partial charge is 0.426 e. The zero-order valence-electron chi connectivity index (χ0n) is 13.7. The number of halogens is 6. The molecule has 8 heteroatoms. The van der Waals surface area contributed by atoms with Gasteiger partial charge in [-0.15, -0.1) is 0 Å². The van der Waals surface area contributed by atoms with E-state index in [0.29, 0.717) is 6.42 Å². The lowest BCUT2D eigenvalue weighted by molar-refractivity contribution is -0.413. The minimum Gasteiger partial charge on any atom is -0.375 e. The van der Waals surface area contributed by atoms with E-state index in [1.165, 1.54) is 13.8 Å². The van der Waals surface area contributed by atoms with E-state index in [1.54, 1.807) is 13.8 Å². The Morgan fingerprint density at radius 2 is 1.26 bits per heavy atom. The van der Waals surface area contributed by atoms with Crippen LogP contribution in [0.4, 0.5) is 26.3 Å². The van der Waals surface area contributed by atoms with Crippen LogP contribution in [0.25, 0.3) is 0 Å². The lowest BCUT2D eigenvalue weighted by Crippen LogP contribution is -2.67. The summed E-state index contributed by atoms with van der Waals surface area (Å²) in [6.45, 7) is 5.54. The average molecular weight is 350 g/mol. The van der Waals surface area contributed by atoms with E-state index in [1.807, 2.05) is 0 Å². The Morgan fingerprint density at radius 1 is 0.783 bits per heavy atom. The molecule has 0 N–H and O–H groups in total. The highest BCUT2D eigenvalue weighted by Crippen LogP contribution is 2.55. The fourth-order valence-electron chi connectivity index (χ4n) is 3.25. The molecule has 1 aliphatic carbocycles. The number of hydrogen-bond acceptors (Lipinski definition) is 2. The number of alkyl halides is 6. The fraction of sp³-hybridized carbons (Fsp3) is 1.00. The van der Waals surface area contributed by atoms with Crippen molar-refractivity contribution in [3.8, 4) is 0 Å². The van der Waals surface area contributed by atoms with Crippen molar-refractivity contribution in [3.05, 3.63) is 0 Å². The molecular weight excluding hydrogens is 326 g/mol. The standard InChI is InChI=1S/C15H24F6O2/c1-9(2)22-12-8-6-5-7-11(12)13(14(16,17)18,15(19,20)21)23-10(3)4/h9-12H,5-8H2,1-4H3. The Morgan fingerprint density at radius 3 is 1.65 bits per heavy atom. The summed E-state index contributed by atoms with van der Waals surface area (Å²) in [5.41, 5.74) is -4.20. The number of ether oxygens (including phenoxy) is 2. The van der Waals surface area contributed by atoms with Crippen molar-refractivity contribution >= 4 is 0 Å². The zero-order valence-corrected chi connectivity index (χ0v) is 13.7. The molecule has 0 aromatic rings. The van der Waals surface area contributed by atoms with Crippen molar-refractivity contribution < 1.29 is 35.8 Å². The smallest absolute Gasteiger partial charge is 0.375 e. The maximum atomic E-state index is 13.6. The molecule has 0 heterocycles. The van der Waals surface area contributed by atoms with Gasteiger partial charge in [0.2, 0.25) is 0 Å². The minimum absolute atomic E-state index is 0.165. The Kier molecular flexibility index (Phi) is 6.40. The van der Waals surface area contributed by atoms with Crippen LogP contribution in [-0.4, -0.2) is 36.3 Å². The van der Waals surface area contributed by atoms with Crippen molar-refractivity contribution in [1.29, 1.82) is 0 Å². The third-order valence-electron chi connectivity index (χ3n) is 3.94. The highest BCUT2D eigenvalue weighted by atomic mass is 19.4. The molecule has 1 saturated carbocycles. The van der Waals surface area contributed by atoms with Gasteiger partial charge >= 0.3 is 12.4 Å². The van der Waals surface area contributed by atoms with Crippen LogP contribution in [0.2, 0.25) is 0 Å². The van der Waals surface area contributed by atoms with E-state index in [2.05, 4.69) is 4.74 Å². The SMILES string of the molecule is CC(C)OC1CCCCC1C(OC(C)C)(C(F)(F)F)C(F)(F)F. The van der Waals surface area contributed by atoms with Crippen LogP contribution < -0.4 is 0 Å². The van der Waals surface area contributed by atoms with Crippen molar-refractivity contribution in [2.45, 2.75) is 89.6 Å². The van der Waals surface area contributed by atoms with Gasteiger partial charge in [0.05, 0.1) is 18.3 Å². The monoisotopic (exact) mass is 350 g/mol. The molecule has 0 radical (unpaired) electrons. The molecular formula is C15H24F6O2. The molecule has 0 aromatic carbocycles. The van der Waals surface area contributed by atoms with Gasteiger partial charge in [0.1, 0.15) is 0 Å². The molecule has 1 fully saturated rings. The van der Waals surface area contributed by atoms with Crippen LogP contribution in [0, 0.1) is 5.92 Å². The predicted octanol–water partition coefficient (Wildman–Crippen LogP) is 5.26. The van der Waals surface area contributed by atoms with Crippen LogP contribution in [0.3, 0.4) is 0 Å². The molecule has 2 unspecified atom stereocenters. The third kappa shape index (κ3) is 4.32. The quantitative estimate of drug-likeness (QED) is 0.630. The topological polar surface area (TPSA) is 18.5 Å². The van der Waals surface area contributed by atoms with E-state index in [0.717, 1.165) is 0 Å². The third-order valence-corrected chi connectivity index (χ3v) is 3.94. The first kappa shape index (κ1) is 20.5. The van der Waals surface area contributed by atoms with E-state index in [4.69, 9.17) is 4.74 Å². The second-order valence-electron chi connectivity index (χ2n) is 6.51. The lowest BCUT2D eigenvalue weighted by atomic mass is 9.73. The summed E-state index contributed by atoms with van der Waals surface area (Å²) < 4.78 is 91.7. The molecule has 1 rings (SSSR count). The molecule has 1 aliphatic rings. The fourth-order valence-corrected chi connectivity index (χ4v) is 3.25.